The van der Waals surface area contributed by atoms with Crippen LogP contribution in [-0.4, -0.2) is 12.6 Å². The van der Waals surface area contributed by atoms with E-state index in [2.05, 4.69) is 52.4 Å². The Morgan fingerprint density at radius 3 is 2.88 bits per heavy atom. The first-order valence-corrected chi connectivity index (χ1v) is 7.06. The standard InChI is InChI=1S/C14H20BrN/c1-2-8-16-14(12-6-7-12)10-11-4-3-5-13(15)9-11/h3-5,9,12,14,16H,2,6-8,10H2,1H3. The van der Waals surface area contributed by atoms with Gasteiger partial charge in [0.25, 0.3) is 0 Å². The van der Waals surface area contributed by atoms with Crippen molar-refractivity contribution < 1.29 is 0 Å². The van der Waals surface area contributed by atoms with Crippen LogP contribution < -0.4 is 5.32 Å². The van der Waals surface area contributed by atoms with Gasteiger partial charge in [-0.25, -0.2) is 0 Å². The molecule has 2 heteroatoms. The zero-order chi connectivity index (χ0) is 11.4. The highest BCUT2D eigenvalue weighted by Crippen LogP contribution is 2.34. The summed E-state index contributed by atoms with van der Waals surface area (Å²) in [5.41, 5.74) is 1.44. The third-order valence-electron chi connectivity index (χ3n) is 3.19. The molecule has 16 heavy (non-hydrogen) atoms. The molecule has 88 valence electrons. The summed E-state index contributed by atoms with van der Waals surface area (Å²) in [6, 6.07) is 9.38. The summed E-state index contributed by atoms with van der Waals surface area (Å²) in [5.74, 6) is 0.922. The maximum atomic E-state index is 3.68. The monoisotopic (exact) mass is 281 g/mol. The molecule has 1 atom stereocenters. The average molecular weight is 282 g/mol. The van der Waals surface area contributed by atoms with E-state index < -0.39 is 0 Å². The molecular formula is C14H20BrN. The van der Waals surface area contributed by atoms with Crippen LogP contribution in [0.2, 0.25) is 0 Å². The van der Waals surface area contributed by atoms with Gasteiger partial charge in [0.15, 0.2) is 0 Å². The number of hydrogen-bond acceptors (Lipinski definition) is 1. The molecular weight excluding hydrogens is 262 g/mol. The Morgan fingerprint density at radius 1 is 1.44 bits per heavy atom. The quantitative estimate of drug-likeness (QED) is 0.837. The van der Waals surface area contributed by atoms with Crippen LogP contribution >= 0.6 is 15.9 Å². The zero-order valence-electron chi connectivity index (χ0n) is 9.88. The highest BCUT2D eigenvalue weighted by atomic mass is 79.9. The van der Waals surface area contributed by atoms with Crippen molar-refractivity contribution in [3.63, 3.8) is 0 Å². The highest BCUT2D eigenvalue weighted by molar-refractivity contribution is 9.10. The van der Waals surface area contributed by atoms with Crippen LogP contribution in [0, 0.1) is 5.92 Å². The summed E-state index contributed by atoms with van der Waals surface area (Å²) in [4.78, 5) is 0. The Balaban J connectivity index is 1.94. The van der Waals surface area contributed by atoms with Gasteiger partial charge in [-0.1, -0.05) is 35.0 Å². The van der Waals surface area contributed by atoms with Gasteiger partial charge in [0.2, 0.25) is 0 Å². The summed E-state index contributed by atoms with van der Waals surface area (Å²) in [7, 11) is 0. The maximum absolute atomic E-state index is 3.68. The average Bonchev–Trinajstić information content (AvgIpc) is 3.08. The van der Waals surface area contributed by atoms with Crippen molar-refractivity contribution in [3.05, 3.63) is 34.3 Å². The zero-order valence-corrected chi connectivity index (χ0v) is 11.5. The second-order valence-corrected chi connectivity index (χ2v) is 5.65. The molecule has 1 N–H and O–H groups in total. The first-order valence-electron chi connectivity index (χ1n) is 6.27. The molecule has 1 aromatic rings. The van der Waals surface area contributed by atoms with E-state index >= 15 is 0 Å². The second-order valence-electron chi connectivity index (χ2n) is 4.73. The van der Waals surface area contributed by atoms with E-state index in [-0.39, 0.29) is 0 Å². The molecule has 2 rings (SSSR count). The molecule has 1 unspecified atom stereocenters. The van der Waals surface area contributed by atoms with E-state index in [9.17, 15) is 0 Å². The molecule has 0 saturated heterocycles. The molecule has 1 nitrogen and oxygen atoms in total. The van der Waals surface area contributed by atoms with Gasteiger partial charge < -0.3 is 5.32 Å². The SMILES string of the molecule is CCCNC(Cc1cccc(Br)c1)C1CC1. The Hall–Kier alpha value is -0.340. The van der Waals surface area contributed by atoms with E-state index in [1.807, 2.05) is 0 Å². The van der Waals surface area contributed by atoms with Crippen molar-refractivity contribution in [1.82, 2.24) is 5.32 Å². The molecule has 1 aliphatic rings. The first-order chi connectivity index (χ1) is 7.79. The third kappa shape index (κ3) is 3.60. The van der Waals surface area contributed by atoms with Gasteiger partial charge in [0, 0.05) is 10.5 Å². The second kappa shape index (κ2) is 5.83. The molecule has 0 bridgehead atoms. The normalized spacial score (nSPS) is 17.4. The van der Waals surface area contributed by atoms with Crippen molar-refractivity contribution in [2.75, 3.05) is 6.54 Å². The number of hydrogen-bond donors (Lipinski definition) is 1. The number of halogens is 1. The fraction of sp³-hybridized carbons (Fsp3) is 0.571. The number of nitrogens with one attached hydrogen (secondary N) is 1. The number of benzene rings is 1. The fourth-order valence-corrected chi connectivity index (χ4v) is 2.60. The predicted octanol–water partition coefficient (Wildman–Crippen LogP) is 3.77. The van der Waals surface area contributed by atoms with Crippen LogP contribution in [0.3, 0.4) is 0 Å². The lowest BCUT2D eigenvalue weighted by Gasteiger charge is -2.18. The molecule has 0 aliphatic heterocycles. The van der Waals surface area contributed by atoms with Crippen LogP contribution in [0.25, 0.3) is 0 Å². The summed E-state index contributed by atoms with van der Waals surface area (Å²) >= 11 is 3.54. The van der Waals surface area contributed by atoms with E-state index in [1.165, 1.54) is 35.7 Å². The molecule has 0 radical (unpaired) electrons. The maximum Gasteiger partial charge on any atom is 0.0178 e. The smallest absolute Gasteiger partial charge is 0.0178 e. The van der Waals surface area contributed by atoms with Gasteiger partial charge >= 0.3 is 0 Å². The third-order valence-corrected chi connectivity index (χ3v) is 3.69. The molecule has 1 aromatic carbocycles. The van der Waals surface area contributed by atoms with Crippen LogP contribution in [-0.2, 0) is 6.42 Å². The molecule has 0 aromatic heterocycles. The van der Waals surface area contributed by atoms with Crippen molar-refractivity contribution >= 4 is 15.9 Å². The minimum absolute atomic E-state index is 0.689. The lowest BCUT2D eigenvalue weighted by molar-refractivity contribution is 0.460. The molecule has 0 amide bonds. The predicted molar refractivity (Wildman–Crippen MR) is 72.7 cm³/mol. The van der Waals surface area contributed by atoms with E-state index in [0.29, 0.717) is 6.04 Å². The topological polar surface area (TPSA) is 12.0 Å². The largest absolute Gasteiger partial charge is 0.313 e. The van der Waals surface area contributed by atoms with Crippen LogP contribution in [0.1, 0.15) is 31.7 Å². The van der Waals surface area contributed by atoms with E-state index in [1.54, 1.807) is 0 Å². The fourth-order valence-electron chi connectivity index (χ4n) is 2.15. The van der Waals surface area contributed by atoms with Gasteiger partial charge in [0.1, 0.15) is 0 Å². The molecule has 1 saturated carbocycles. The lowest BCUT2D eigenvalue weighted by Crippen LogP contribution is -2.33. The van der Waals surface area contributed by atoms with Crippen molar-refractivity contribution in [2.24, 2.45) is 5.92 Å². The van der Waals surface area contributed by atoms with Crippen molar-refractivity contribution in [1.29, 1.82) is 0 Å². The van der Waals surface area contributed by atoms with Crippen molar-refractivity contribution in [3.8, 4) is 0 Å². The van der Waals surface area contributed by atoms with Gasteiger partial charge in [-0.3, -0.25) is 0 Å². The van der Waals surface area contributed by atoms with E-state index in [4.69, 9.17) is 0 Å². The minimum atomic E-state index is 0.689. The Bertz CT molecular complexity index is 333. The van der Waals surface area contributed by atoms with Gasteiger partial charge in [-0.05, 0) is 55.8 Å². The molecule has 1 aliphatic carbocycles. The summed E-state index contributed by atoms with van der Waals surface area (Å²) in [6.07, 6.45) is 5.22. The highest BCUT2D eigenvalue weighted by Gasteiger charge is 2.30. The Labute approximate surface area is 107 Å². The van der Waals surface area contributed by atoms with Gasteiger partial charge in [-0.2, -0.15) is 0 Å². The first kappa shape index (κ1) is 12.1. The van der Waals surface area contributed by atoms with Crippen LogP contribution in [0.5, 0.6) is 0 Å². The Morgan fingerprint density at radius 2 is 2.25 bits per heavy atom. The summed E-state index contributed by atoms with van der Waals surface area (Å²) in [5, 5.41) is 3.68. The van der Waals surface area contributed by atoms with Gasteiger partial charge in [-0.15, -0.1) is 0 Å². The molecule has 0 spiro atoms. The van der Waals surface area contributed by atoms with Gasteiger partial charge in [0.05, 0.1) is 0 Å². The minimum Gasteiger partial charge on any atom is -0.313 e. The Kier molecular flexibility index (Phi) is 4.42. The lowest BCUT2D eigenvalue weighted by atomic mass is 10.0. The van der Waals surface area contributed by atoms with Crippen molar-refractivity contribution in [2.45, 2.75) is 38.6 Å². The van der Waals surface area contributed by atoms with E-state index in [0.717, 1.165) is 12.5 Å². The number of rotatable bonds is 6. The molecule has 0 heterocycles. The summed E-state index contributed by atoms with van der Waals surface area (Å²) < 4.78 is 1.19. The molecule has 1 fully saturated rings. The van der Waals surface area contributed by atoms with Crippen LogP contribution in [0.4, 0.5) is 0 Å². The van der Waals surface area contributed by atoms with Crippen LogP contribution in [0.15, 0.2) is 28.7 Å². The summed E-state index contributed by atoms with van der Waals surface area (Å²) in [6.45, 7) is 3.38.